The number of unbranched alkanes of at least 4 members (excludes halogenated alkanes) is 3. The summed E-state index contributed by atoms with van der Waals surface area (Å²) in [6, 6.07) is 12.5. The predicted octanol–water partition coefficient (Wildman–Crippen LogP) is 4.37. The molecule has 0 bridgehead atoms. The maximum absolute atomic E-state index is 10.9. The van der Waals surface area contributed by atoms with Crippen molar-refractivity contribution >= 4 is 10.8 Å². The van der Waals surface area contributed by atoms with E-state index in [4.69, 9.17) is 4.74 Å². The second-order valence-corrected chi connectivity index (χ2v) is 6.91. The smallest absolute Gasteiger partial charge is 0.119 e. The molecule has 0 atom stereocenters. The molecule has 0 aliphatic carbocycles. The standard InChI is InChI=1S/C21H29NO2/c1-2-3-4-5-14-24-20-9-7-17-15-19(8-6-18(17)16-20)21(23)10-12-22-13-11-21/h6-9,15-16,22-23H,2-5,10-14H2,1H3. The Hall–Kier alpha value is -1.58. The van der Waals surface area contributed by atoms with Crippen LogP contribution in [0.15, 0.2) is 36.4 Å². The minimum absolute atomic E-state index is 0.687. The van der Waals surface area contributed by atoms with Gasteiger partial charge in [-0.1, -0.05) is 44.4 Å². The van der Waals surface area contributed by atoms with Gasteiger partial charge in [-0.3, -0.25) is 0 Å². The maximum atomic E-state index is 10.9. The molecule has 1 heterocycles. The molecule has 0 amide bonds. The van der Waals surface area contributed by atoms with Gasteiger partial charge in [0.1, 0.15) is 5.75 Å². The predicted molar refractivity (Wildman–Crippen MR) is 99.6 cm³/mol. The van der Waals surface area contributed by atoms with Crippen molar-refractivity contribution in [3.63, 3.8) is 0 Å². The molecule has 0 radical (unpaired) electrons. The lowest BCUT2D eigenvalue weighted by Crippen LogP contribution is -2.39. The van der Waals surface area contributed by atoms with Crippen LogP contribution in [0, 0.1) is 0 Å². The van der Waals surface area contributed by atoms with Crippen molar-refractivity contribution < 1.29 is 9.84 Å². The van der Waals surface area contributed by atoms with Gasteiger partial charge in [0, 0.05) is 0 Å². The van der Waals surface area contributed by atoms with Crippen LogP contribution in [-0.2, 0) is 5.60 Å². The number of aliphatic hydroxyl groups is 1. The first kappa shape index (κ1) is 17.2. The normalized spacial score (nSPS) is 17.1. The summed E-state index contributed by atoms with van der Waals surface area (Å²) in [7, 11) is 0. The Morgan fingerprint density at radius 3 is 2.54 bits per heavy atom. The van der Waals surface area contributed by atoms with Gasteiger partial charge in [-0.2, -0.15) is 0 Å². The minimum atomic E-state index is -0.687. The monoisotopic (exact) mass is 327 g/mol. The Balaban J connectivity index is 1.69. The summed E-state index contributed by atoms with van der Waals surface area (Å²) in [5.41, 5.74) is 0.346. The molecule has 3 heteroatoms. The zero-order valence-electron chi connectivity index (χ0n) is 14.7. The van der Waals surface area contributed by atoms with Gasteiger partial charge in [-0.25, -0.2) is 0 Å². The van der Waals surface area contributed by atoms with E-state index < -0.39 is 5.60 Å². The van der Waals surface area contributed by atoms with Crippen molar-refractivity contribution in [3.05, 3.63) is 42.0 Å². The summed E-state index contributed by atoms with van der Waals surface area (Å²) in [4.78, 5) is 0. The van der Waals surface area contributed by atoms with Gasteiger partial charge in [-0.15, -0.1) is 0 Å². The van der Waals surface area contributed by atoms with Gasteiger partial charge >= 0.3 is 0 Å². The fraction of sp³-hybridized carbons (Fsp3) is 0.524. The second-order valence-electron chi connectivity index (χ2n) is 6.91. The maximum Gasteiger partial charge on any atom is 0.119 e. The van der Waals surface area contributed by atoms with E-state index in [-0.39, 0.29) is 0 Å². The molecule has 2 N–H and O–H groups in total. The number of rotatable bonds is 7. The molecule has 1 fully saturated rings. The Labute approximate surface area is 145 Å². The van der Waals surface area contributed by atoms with E-state index in [1.54, 1.807) is 0 Å². The lowest BCUT2D eigenvalue weighted by Gasteiger charge is -2.33. The van der Waals surface area contributed by atoms with E-state index in [2.05, 4.69) is 42.6 Å². The SMILES string of the molecule is CCCCCCOc1ccc2cc(C3(O)CCNCC3)ccc2c1. The number of piperidine rings is 1. The van der Waals surface area contributed by atoms with Crippen LogP contribution in [0.4, 0.5) is 0 Å². The summed E-state index contributed by atoms with van der Waals surface area (Å²) in [6.07, 6.45) is 6.44. The molecular formula is C21H29NO2. The summed E-state index contributed by atoms with van der Waals surface area (Å²) < 4.78 is 5.87. The second kappa shape index (κ2) is 8.00. The van der Waals surface area contributed by atoms with Crippen LogP contribution in [0.1, 0.15) is 51.0 Å². The van der Waals surface area contributed by atoms with Crippen LogP contribution in [-0.4, -0.2) is 24.8 Å². The van der Waals surface area contributed by atoms with E-state index in [0.29, 0.717) is 0 Å². The van der Waals surface area contributed by atoms with Crippen LogP contribution in [0.3, 0.4) is 0 Å². The molecule has 0 aromatic heterocycles. The van der Waals surface area contributed by atoms with Crippen molar-refractivity contribution in [2.24, 2.45) is 0 Å². The van der Waals surface area contributed by atoms with Gasteiger partial charge in [0.25, 0.3) is 0 Å². The average Bonchev–Trinajstić information content (AvgIpc) is 2.61. The Morgan fingerprint density at radius 2 is 1.75 bits per heavy atom. The summed E-state index contributed by atoms with van der Waals surface area (Å²) in [6.45, 7) is 4.76. The number of fused-ring (bicyclic) bond motifs is 1. The van der Waals surface area contributed by atoms with Gasteiger partial charge in [0.15, 0.2) is 0 Å². The molecule has 1 saturated heterocycles. The zero-order valence-corrected chi connectivity index (χ0v) is 14.7. The molecular weight excluding hydrogens is 298 g/mol. The number of benzene rings is 2. The molecule has 3 nitrogen and oxygen atoms in total. The first-order chi connectivity index (χ1) is 11.7. The lowest BCUT2D eigenvalue weighted by atomic mass is 9.84. The Kier molecular flexibility index (Phi) is 5.75. The topological polar surface area (TPSA) is 41.5 Å². The Morgan fingerprint density at radius 1 is 1.00 bits per heavy atom. The van der Waals surface area contributed by atoms with Gasteiger partial charge in [-0.05, 0) is 66.9 Å². The highest BCUT2D eigenvalue weighted by Gasteiger charge is 2.31. The van der Waals surface area contributed by atoms with Gasteiger partial charge in [0.2, 0.25) is 0 Å². The molecule has 0 unspecified atom stereocenters. The molecule has 0 saturated carbocycles. The summed E-state index contributed by atoms with van der Waals surface area (Å²) in [5, 5.41) is 16.5. The molecule has 3 rings (SSSR count). The van der Waals surface area contributed by atoms with Crippen LogP contribution in [0.5, 0.6) is 5.75 Å². The highest BCUT2D eigenvalue weighted by atomic mass is 16.5. The number of hydrogen-bond acceptors (Lipinski definition) is 3. The number of nitrogens with one attached hydrogen (secondary N) is 1. The van der Waals surface area contributed by atoms with Gasteiger partial charge in [0.05, 0.1) is 12.2 Å². The first-order valence-corrected chi connectivity index (χ1v) is 9.31. The van der Waals surface area contributed by atoms with Crippen molar-refractivity contribution in [2.75, 3.05) is 19.7 Å². The average molecular weight is 327 g/mol. The van der Waals surface area contributed by atoms with E-state index in [9.17, 15) is 5.11 Å². The minimum Gasteiger partial charge on any atom is -0.494 e. The van der Waals surface area contributed by atoms with Crippen LogP contribution < -0.4 is 10.1 Å². The number of ether oxygens (including phenoxy) is 1. The van der Waals surface area contributed by atoms with Crippen molar-refractivity contribution in [2.45, 2.75) is 51.0 Å². The molecule has 1 aliphatic rings. The van der Waals surface area contributed by atoms with Crippen molar-refractivity contribution in [1.29, 1.82) is 0 Å². The third-order valence-corrected chi connectivity index (χ3v) is 5.05. The van der Waals surface area contributed by atoms with Crippen LogP contribution >= 0.6 is 0 Å². The van der Waals surface area contributed by atoms with Crippen LogP contribution in [0.25, 0.3) is 10.8 Å². The lowest BCUT2D eigenvalue weighted by molar-refractivity contribution is 0.00606. The Bertz CT molecular complexity index is 662. The molecule has 24 heavy (non-hydrogen) atoms. The fourth-order valence-electron chi connectivity index (χ4n) is 3.45. The van der Waals surface area contributed by atoms with E-state index >= 15 is 0 Å². The summed E-state index contributed by atoms with van der Waals surface area (Å²) >= 11 is 0. The highest BCUT2D eigenvalue weighted by molar-refractivity contribution is 5.84. The highest BCUT2D eigenvalue weighted by Crippen LogP contribution is 2.33. The molecule has 2 aromatic rings. The third-order valence-electron chi connectivity index (χ3n) is 5.05. The largest absolute Gasteiger partial charge is 0.494 e. The number of hydrogen-bond donors (Lipinski definition) is 2. The quantitative estimate of drug-likeness (QED) is 0.742. The van der Waals surface area contributed by atoms with E-state index in [1.807, 2.05) is 6.07 Å². The van der Waals surface area contributed by atoms with E-state index in [0.717, 1.165) is 55.7 Å². The van der Waals surface area contributed by atoms with Crippen molar-refractivity contribution in [1.82, 2.24) is 5.32 Å². The fourth-order valence-corrected chi connectivity index (χ4v) is 3.45. The molecule has 130 valence electrons. The molecule has 2 aromatic carbocycles. The zero-order chi connectivity index (χ0) is 16.8. The molecule has 1 aliphatic heterocycles. The van der Waals surface area contributed by atoms with Crippen LogP contribution in [0.2, 0.25) is 0 Å². The van der Waals surface area contributed by atoms with Crippen molar-refractivity contribution in [3.8, 4) is 5.75 Å². The van der Waals surface area contributed by atoms with E-state index in [1.165, 1.54) is 24.6 Å². The van der Waals surface area contributed by atoms with Gasteiger partial charge < -0.3 is 15.2 Å². The third kappa shape index (κ3) is 4.08. The summed E-state index contributed by atoms with van der Waals surface area (Å²) in [5.74, 6) is 0.937. The first-order valence-electron chi connectivity index (χ1n) is 9.31. The molecule has 0 spiro atoms.